The molecule has 0 spiro atoms. The Morgan fingerprint density at radius 3 is 2.86 bits per heavy atom. The highest BCUT2D eigenvalue weighted by atomic mass is 32.1. The molecule has 3 aromatic heterocycles. The van der Waals surface area contributed by atoms with E-state index in [0.29, 0.717) is 6.54 Å². The van der Waals surface area contributed by atoms with Crippen LogP contribution in [-0.4, -0.2) is 19.6 Å². The van der Waals surface area contributed by atoms with E-state index in [9.17, 15) is 0 Å². The number of thiazole rings is 1. The lowest BCUT2D eigenvalue weighted by atomic mass is 10.2. The van der Waals surface area contributed by atoms with E-state index in [-0.39, 0.29) is 0 Å². The second-order valence-corrected chi connectivity index (χ2v) is 5.65. The maximum absolute atomic E-state index is 4.63. The first-order valence-electron chi connectivity index (χ1n) is 6.92. The zero-order valence-electron chi connectivity index (χ0n) is 11.7. The third-order valence-electron chi connectivity index (χ3n) is 3.36. The summed E-state index contributed by atoms with van der Waals surface area (Å²) in [5, 5.41) is 10.6. The van der Waals surface area contributed by atoms with Gasteiger partial charge in [-0.05, 0) is 6.07 Å². The average Bonchev–Trinajstić information content (AvgIpc) is 3.23. The molecule has 0 bridgehead atoms. The molecule has 1 aromatic carbocycles. The van der Waals surface area contributed by atoms with Gasteiger partial charge in [-0.2, -0.15) is 5.10 Å². The molecule has 0 saturated heterocycles. The predicted octanol–water partition coefficient (Wildman–Crippen LogP) is 3.46. The largest absolute Gasteiger partial charge is 0.356 e. The fraction of sp³-hybridized carbons (Fsp3) is 0.0625. The van der Waals surface area contributed by atoms with Gasteiger partial charge in [0.25, 0.3) is 0 Å². The van der Waals surface area contributed by atoms with E-state index >= 15 is 0 Å². The van der Waals surface area contributed by atoms with Gasteiger partial charge in [-0.1, -0.05) is 30.3 Å². The first-order valence-corrected chi connectivity index (χ1v) is 7.80. The van der Waals surface area contributed by atoms with E-state index < -0.39 is 0 Å². The quantitative estimate of drug-likeness (QED) is 0.627. The molecule has 0 amide bonds. The minimum Gasteiger partial charge on any atom is -0.356 e. The summed E-state index contributed by atoms with van der Waals surface area (Å²) in [5.41, 5.74) is 4.02. The number of nitrogens with zero attached hydrogens (tertiary/aromatic N) is 4. The van der Waals surface area contributed by atoms with E-state index in [1.165, 1.54) is 0 Å². The van der Waals surface area contributed by atoms with Gasteiger partial charge in [-0.15, -0.1) is 11.3 Å². The third kappa shape index (κ3) is 2.44. The lowest BCUT2D eigenvalue weighted by Crippen LogP contribution is -2.06. The van der Waals surface area contributed by atoms with Crippen LogP contribution >= 0.6 is 11.3 Å². The molecule has 0 saturated carbocycles. The topological polar surface area (TPSA) is 55.1 Å². The lowest BCUT2D eigenvalue weighted by Gasteiger charge is -2.05. The van der Waals surface area contributed by atoms with Crippen LogP contribution in [0.25, 0.3) is 16.9 Å². The van der Waals surface area contributed by atoms with E-state index in [1.807, 2.05) is 34.8 Å². The number of anilines is 1. The summed E-state index contributed by atoms with van der Waals surface area (Å²) in [6.07, 6.45) is 3.55. The molecule has 6 heteroatoms. The van der Waals surface area contributed by atoms with E-state index in [4.69, 9.17) is 0 Å². The van der Waals surface area contributed by atoms with Gasteiger partial charge in [0.15, 0.2) is 10.8 Å². The SMILES string of the molecule is c1ccc(-c2csc(NCc3ccnc4ccnn34)n2)cc1. The van der Waals surface area contributed by atoms with Crippen molar-refractivity contribution in [1.29, 1.82) is 0 Å². The fourth-order valence-corrected chi connectivity index (χ4v) is 3.00. The highest BCUT2D eigenvalue weighted by Crippen LogP contribution is 2.24. The monoisotopic (exact) mass is 307 g/mol. The molecular weight excluding hydrogens is 294 g/mol. The second kappa shape index (κ2) is 5.57. The first-order chi connectivity index (χ1) is 10.9. The molecular formula is C16H13N5S. The van der Waals surface area contributed by atoms with Gasteiger partial charge in [0, 0.05) is 23.2 Å². The van der Waals surface area contributed by atoms with Crippen molar-refractivity contribution in [2.24, 2.45) is 0 Å². The van der Waals surface area contributed by atoms with Crippen LogP contribution in [0, 0.1) is 0 Å². The Balaban J connectivity index is 1.53. The number of hydrogen-bond donors (Lipinski definition) is 1. The zero-order chi connectivity index (χ0) is 14.8. The number of hydrogen-bond acceptors (Lipinski definition) is 5. The Morgan fingerprint density at radius 1 is 1.05 bits per heavy atom. The first kappa shape index (κ1) is 13.0. The summed E-state index contributed by atoms with van der Waals surface area (Å²) in [7, 11) is 0. The molecule has 0 unspecified atom stereocenters. The maximum atomic E-state index is 4.63. The van der Waals surface area contributed by atoms with Crippen LogP contribution in [0.2, 0.25) is 0 Å². The number of fused-ring (bicyclic) bond motifs is 1. The van der Waals surface area contributed by atoms with Gasteiger partial charge in [0.1, 0.15) is 0 Å². The molecule has 0 aliphatic heterocycles. The smallest absolute Gasteiger partial charge is 0.183 e. The molecule has 0 atom stereocenters. The van der Waals surface area contributed by atoms with E-state index in [1.54, 1.807) is 23.7 Å². The van der Waals surface area contributed by atoms with Crippen molar-refractivity contribution >= 4 is 22.1 Å². The van der Waals surface area contributed by atoms with Gasteiger partial charge < -0.3 is 5.32 Å². The molecule has 1 N–H and O–H groups in total. The fourth-order valence-electron chi connectivity index (χ4n) is 2.28. The van der Waals surface area contributed by atoms with Gasteiger partial charge in [-0.25, -0.2) is 14.5 Å². The van der Waals surface area contributed by atoms with Gasteiger partial charge in [0.05, 0.1) is 24.1 Å². The van der Waals surface area contributed by atoms with Crippen LogP contribution in [0.15, 0.2) is 60.2 Å². The van der Waals surface area contributed by atoms with E-state index in [2.05, 4.69) is 37.9 Å². The Bertz CT molecular complexity index is 897. The second-order valence-electron chi connectivity index (χ2n) is 4.79. The summed E-state index contributed by atoms with van der Waals surface area (Å²) in [5.74, 6) is 0. The van der Waals surface area contributed by atoms with Crippen molar-refractivity contribution in [2.45, 2.75) is 6.54 Å². The summed E-state index contributed by atoms with van der Waals surface area (Å²) in [4.78, 5) is 8.89. The summed E-state index contributed by atoms with van der Waals surface area (Å²) in [6.45, 7) is 0.655. The Morgan fingerprint density at radius 2 is 1.95 bits per heavy atom. The number of aromatic nitrogens is 4. The van der Waals surface area contributed by atoms with Crippen LogP contribution in [-0.2, 0) is 6.54 Å². The highest BCUT2D eigenvalue weighted by molar-refractivity contribution is 7.14. The van der Waals surface area contributed by atoms with Crippen LogP contribution in [0.5, 0.6) is 0 Å². The summed E-state index contributed by atoms with van der Waals surface area (Å²) in [6, 6.07) is 14.0. The van der Waals surface area contributed by atoms with Crippen LogP contribution in [0.1, 0.15) is 5.69 Å². The van der Waals surface area contributed by atoms with Crippen molar-refractivity contribution in [3.8, 4) is 11.3 Å². The van der Waals surface area contributed by atoms with Gasteiger partial charge in [-0.3, -0.25) is 0 Å². The minimum absolute atomic E-state index is 0.655. The minimum atomic E-state index is 0.655. The molecule has 5 nitrogen and oxygen atoms in total. The number of rotatable bonds is 4. The van der Waals surface area contributed by atoms with Gasteiger partial charge >= 0.3 is 0 Å². The zero-order valence-corrected chi connectivity index (χ0v) is 12.5. The predicted molar refractivity (Wildman–Crippen MR) is 87.9 cm³/mol. The third-order valence-corrected chi connectivity index (χ3v) is 4.16. The van der Waals surface area contributed by atoms with Gasteiger partial charge in [0.2, 0.25) is 0 Å². The highest BCUT2D eigenvalue weighted by Gasteiger charge is 2.06. The van der Waals surface area contributed by atoms with Crippen molar-refractivity contribution in [3.05, 3.63) is 65.9 Å². The van der Waals surface area contributed by atoms with Crippen LogP contribution < -0.4 is 5.32 Å². The average molecular weight is 307 g/mol. The summed E-state index contributed by atoms with van der Waals surface area (Å²) >= 11 is 1.60. The van der Waals surface area contributed by atoms with Crippen molar-refractivity contribution in [1.82, 2.24) is 19.6 Å². The molecule has 108 valence electrons. The molecule has 4 aromatic rings. The Kier molecular flexibility index (Phi) is 3.29. The normalized spacial score (nSPS) is 10.9. The molecule has 0 radical (unpaired) electrons. The Hall–Kier alpha value is -2.73. The molecule has 4 rings (SSSR count). The Labute approximate surface area is 131 Å². The van der Waals surface area contributed by atoms with Crippen molar-refractivity contribution < 1.29 is 0 Å². The van der Waals surface area contributed by atoms with E-state index in [0.717, 1.165) is 27.7 Å². The maximum Gasteiger partial charge on any atom is 0.183 e. The molecule has 0 fully saturated rings. The summed E-state index contributed by atoms with van der Waals surface area (Å²) < 4.78 is 1.83. The number of benzene rings is 1. The number of nitrogens with one attached hydrogen (secondary N) is 1. The van der Waals surface area contributed by atoms with Crippen LogP contribution in [0.3, 0.4) is 0 Å². The molecule has 0 aliphatic carbocycles. The lowest BCUT2D eigenvalue weighted by molar-refractivity contribution is 0.853. The standard InChI is InChI=1S/C16H13N5S/c1-2-4-12(5-3-1)14-11-22-16(20-14)18-10-13-6-8-17-15-7-9-19-21(13)15/h1-9,11H,10H2,(H,18,20). The van der Waals surface area contributed by atoms with Crippen molar-refractivity contribution in [2.75, 3.05) is 5.32 Å². The van der Waals surface area contributed by atoms with Crippen molar-refractivity contribution in [3.63, 3.8) is 0 Å². The molecule has 3 heterocycles. The molecule has 0 aliphatic rings. The molecule has 22 heavy (non-hydrogen) atoms. The van der Waals surface area contributed by atoms with Crippen LogP contribution in [0.4, 0.5) is 5.13 Å².